The van der Waals surface area contributed by atoms with E-state index in [1.807, 2.05) is 74.5 Å². The van der Waals surface area contributed by atoms with Gasteiger partial charge in [0, 0.05) is 11.3 Å². The molecule has 0 spiro atoms. The first-order valence-electron chi connectivity index (χ1n) is 8.80. The number of carbonyl (C=O) groups excluding carboxylic acids is 1. The smallest absolute Gasteiger partial charge is 0.257 e. The molecule has 4 rings (SSSR count). The Hall–Kier alpha value is -3.87. The second-order valence-corrected chi connectivity index (χ2v) is 6.41. The van der Waals surface area contributed by atoms with Crippen LogP contribution in [-0.2, 0) is 0 Å². The summed E-state index contributed by atoms with van der Waals surface area (Å²) in [5, 5.41) is 14.1. The molecular weight excluding hydrogens is 352 g/mol. The van der Waals surface area contributed by atoms with Crippen molar-refractivity contribution < 1.29 is 4.79 Å². The molecule has 0 saturated carbocycles. The van der Waals surface area contributed by atoms with Gasteiger partial charge in [0.05, 0.1) is 22.6 Å². The van der Waals surface area contributed by atoms with Crippen LogP contribution in [0.25, 0.3) is 16.9 Å². The third kappa shape index (κ3) is 3.50. The number of aryl methyl sites for hydroxylation is 2. The van der Waals surface area contributed by atoms with E-state index in [1.54, 1.807) is 4.68 Å². The number of amides is 1. The van der Waals surface area contributed by atoms with Crippen LogP contribution in [0.15, 0.2) is 67.0 Å². The van der Waals surface area contributed by atoms with E-state index in [0.717, 1.165) is 22.5 Å². The molecule has 0 aliphatic carbocycles. The molecule has 1 amide bonds. The molecule has 0 saturated heterocycles. The Bertz CT molecular complexity index is 1120. The molecule has 0 aliphatic heterocycles. The van der Waals surface area contributed by atoms with Crippen LogP contribution < -0.4 is 5.32 Å². The number of nitrogens with zero attached hydrogens (tertiary/aromatic N) is 5. The van der Waals surface area contributed by atoms with Crippen molar-refractivity contribution in [2.24, 2.45) is 0 Å². The highest BCUT2D eigenvalue weighted by molar-refractivity contribution is 6.05. The summed E-state index contributed by atoms with van der Waals surface area (Å²) in [4.78, 5) is 17.3. The van der Waals surface area contributed by atoms with Crippen LogP contribution >= 0.6 is 0 Å². The fourth-order valence-electron chi connectivity index (χ4n) is 3.03. The number of rotatable bonds is 4. The number of nitrogens with one attached hydrogen (secondary N) is 1. The predicted octanol–water partition coefficient (Wildman–Crippen LogP) is 3.59. The molecule has 0 unspecified atom stereocenters. The van der Waals surface area contributed by atoms with Crippen LogP contribution in [-0.4, -0.2) is 31.1 Å². The maximum atomic E-state index is 12.7. The zero-order valence-corrected chi connectivity index (χ0v) is 15.5. The van der Waals surface area contributed by atoms with Gasteiger partial charge >= 0.3 is 0 Å². The lowest BCUT2D eigenvalue weighted by molar-refractivity contribution is 0.102. The minimum Gasteiger partial charge on any atom is -0.322 e. The second-order valence-electron chi connectivity index (χ2n) is 6.41. The molecule has 7 nitrogen and oxygen atoms in total. The van der Waals surface area contributed by atoms with Gasteiger partial charge in [-0.05, 0) is 60.2 Å². The highest BCUT2D eigenvalue weighted by atomic mass is 16.1. The molecule has 2 aromatic heterocycles. The highest BCUT2D eigenvalue weighted by Gasteiger charge is 2.13. The summed E-state index contributed by atoms with van der Waals surface area (Å²) in [6.07, 6.45) is 1.53. The first-order chi connectivity index (χ1) is 13.6. The molecule has 138 valence electrons. The third-order valence-corrected chi connectivity index (χ3v) is 4.45. The average Bonchev–Trinajstić information content (AvgIpc) is 3.23. The molecule has 1 N–H and O–H groups in total. The Kier molecular flexibility index (Phi) is 4.63. The topological polar surface area (TPSA) is 85.6 Å². The summed E-state index contributed by atoms with van der Waals surface area (Å²) in [5.74, 6) is -0.195. The summed E-state index contributed by atoms with van der Waals surface area (Å²) in [7, 11) is 0. The zero-order valence-electron chi connectivity index (χ0n) is 15.5. The monoisotopic (exact) mass is 370 g/mol. The van der Waals surface area contributed by atoms with Gasteiger partial charge < -0.3 is 5.32 Å². The van der Waals surface area contributed by atoms with E-state index >= 15 is 0 Å². The van der Waals surface area contributed by atoms with Crippen molar-refractivity contribution in [3.8, 4) is 16.9 Å². The molecule has 0 atom stereocenters. The minimum absolute atomic E-state index is 0.195. The Morgan fingerprint density at radius 1 is 1.00 bits per heavy atom. The molecule has 2 heterocycles. The molecule has 2 aromatic carbocycles. The van der Waals surface area contributed by atoms with Crippen LogP contribution in [0.3, 0.4) is 0 Å². The van der Waals surface area contributed by atoms with E-state index in [-0.39, 0.29) is 5.91 Å². The van der Waals surface area contributed by atoms with E-state index < -0.39 is 0 Å². The lowest BCUT2D eigenvalue weighted by Gasteiger charge is -2.11. The van der Waals surface area contributed by atoms with Crippen molar-refractivity contribution in [1.29, 1.82) is 0 Å². The van der Waals surface area contributed by atoms with Gasteiger partial charge in [0.25, 0.3) is 5.91 Å². The summed E-state index contributed by atoms with van der Waals surface area (Å²) < 4.78 is 1.58. The maximum Gasteiger partial charge on any atom is 0.257 e. The number of aromatic nitrogens is 5. The van der Waals surface area contributed by atoms with Crippen molar-refractivity contribution in [2.75, 3.05) is 5.32 Å². The molecule has 0 aliphatic rings. The minimum atomic E-state index is -0.195. The Labute approximate surface area is 162 Å². The van der Waals surface area contributed by atoms with Crippen LogP contribution in [0.4, 0.5) is 5.69 Å². The highest BCUT2D eigenvalue weighted by Crippen LogP contribution is 2.21. The summed E-state index contributed by atoms with van der Waals surface area (Å²) in [5.41, 5.74) is 5.59. The summed E-state index contributed by atoms with van der Waals surface area (Å²) >= 11 is 0. The van der Waals surface area contributed by atoms with Crippen molar-refractivity contribution in [3.05, 3.63) is 83.8 Å². The molecule has 0 fully saturated rings. The van der Waals surface area contributed by atoms with E-state index in [0.29, 0.717) is 16.9 Å². The largest absolute Gasteiger partial charge is 0.322 e. The number of carbonyl (C=O) groups is 1. The molecule has 28 heavy (non-hydrogen) atoms. The molecule has 0 radical (unpaired) electrons. The third-order valence-electron chi connectivity index (χ3n) is 4.45. The SMILES string of the molecule is Cc1cc(NC(=O)c2ccc(-c3ccccc3)nc2C)ccc1-n1cnnn1. The van der Waals surface area contributed by atoms with Gasteiger partial charge in [0.15, 0.2) is 0 Å². The average molecular weight is 370 g/mol. The fourth-order valence-corrected chi connectivity index (χ4v) is 3.03. The maximum absolute atomic E-state index is 12.7. The Morgan fingerprint density at radius 2 is 1.82 bits per heavy atom. The first-order valence-corrected chi connectivity index (χ1v) is 8.80. The second kappa shape index (κ2) is 7.40. The van der Waals surface area contributed by atoms with Crippen LogP contribution in [0.2, 0.25) is 0 Å². The Morgan fingerprint density at radius 3 is 2.50 bits per heavy atom. The predicted molar refractivity (Wildman–Crippen MR) is 106 cm³/mol. The molecule has 4 aromatic rings. The fraction of sp³-hybridized carbons (Fsp3) is 0.0952. The number of anilines is 1. The summed E-state index contributed by atoms with van der Waals surface area (Å²) in [6.45, 7) is 3.78. The van der Waals surface area contributed by atoms with E-state index in [1.165, 1.54) is 6.33 Å². The van der Waals surface area contributed by atoms with Gasteiger partial charge in [0.1, 0.15) is 6.33 Å². The molecule has 7 heteroatoms. The van der Waals surface area contributed by atoms with Gasteiger partial charge in [-0.3, -0.25) is 9.78 Å². The standard InChI is InChI=1S/C21H18N6O/c1-14-12-17(8-11-20(14)27-13-22-25-26-27)24-21(28)18-9-10-19(23-15(18)2)16-6-4-3-5-7-16/h3-13H,1-2H3,(H,24,28). The molecule has 0 bridgehead atoms. The number of benzene rings is 2. The quantitative estimate of drug-likeness (QED) is 0.593. The lowest BCUT2D eigenvalue weighted by atomic mass is 10.1. The van der Waals surface area contributed by atoms with Gasteiger partial charge in [-0.25, -0.2) is 4.68 Å². The number of hydrogen-bond donors (Lipinski definition) is 1. The van der Waals surface area contributed by atoms with Crippen molar-refractivity contribution in [2.45, 2.75) is 13.8 Å². The van der Waals surface area contributed by atoms with E-state index in [9.17, 15) is 4.79 Å². The lowest BCUT2D eigenvalue weighted by Crippen LogP contribution is -2.14. The van der Waals surface area contributed by atoms with E-state index in [2.05, 4.69) is 25.8 Å². The molecular formula is C21H18N6O. The normalized spacial score (nSPS) is 10.6. The number of tetrazole rings is 1. The Balaban J connectivity index is 1.55. The van der Waals surface area contributed by atoms with Crippen LogP contribution in [0.1, 0.15) is 21.6 Å². The van der Waals surface area contributed by atoms with Crippen molar-refractivity contribution >= 4 is 11.6 Å². The van der Waals surface area contributed by atoms with Gasteiger partial charge in [-0.1, -0.05) is 30.3 Å². The van der Waals surface area contributed by atoms with Crippen LogP contribution in [0.5, 0.6) is 0 Å². The van der Waals surface area contributed by atoms with E-state index in [4.69, 9.17) is 0 Å². The number of pyridine rings is 1. The zero-order chi connectivity index (χ0) is 19.5. The van der Waals surface area contributed by atoms with Crippen molar-refractivity contribution in [3.63, 3.8) is 0 Å². The van der Waals surface area contributed by atoms with Crippen LogP contribution in [0, 0.1) is 13.8 Å². The first kappa shape index (κ1) is 17.5. The van der Waals surface area contributed by atoms with Crippen molar-refractivity contribution in [1.82, 2.24) is 25.2 Å². The van der Waals surface area contributed by atoms with Gasteiger partial charge in [-0.2, -0.15) is 0 Å². The van der Waals surface area contributed by atoms with Gasteiger partial charge in [0.2, 0.25) is 0 Å². The summed E-state index contributed by atoms with van der Waals surface area (Å²) in [6, 6.07) is 19.1. The van der Waals surface area contributed by atoms with Gasteiger partial charge in [-0.15, -0.1) is 5.10 Å². The number of hydrogen-bond acceptors (Lipinski definition) is 5.